The van der Waals surface area contributed by atoms with Crippen LogP contribution in [0.5, 0.6) is 0 Å². The lowest BCUT2D eigenvalue weighted by Gasteiger charge is -2.62. The Balaban J connectivity index is 1.43. The van der Waals surface area contributed by atoms with Gasteiger partial charge in [0, 0.05) is 36.6 Å². The number of ketones is 2. The summed E-state index contributed by atoms with van der Waals surface area (Å²) >= 11 is 0. The van der Waals surface area contributed by atoms with E-state index in [0.717, 1.165) is 0 Å². The summed E-state index contributed by atoms with van der Waals surface area (Å²) in [6.45, 7) is 6.49. The van der Waals surface area contributed by atoms with Crippen molar-refractivity contribution in [2.45, 2.75) is 102 Å². The quantitative estimate of drug-likeness (QED) is 0.454. The van der Waals surface area contributed by atoms with E-state index in [2.05, 4.69) is 5.32 Å². The molecular weight excluding hydrogens is 521 g/mol. The molecule has 0 radical (unpaired) electrons. The van der Waals surface area contributed by atoms with Crippen molar-refractivity contribution in [2.75, 3.05) is 13.7 Å². The van der Waals surface area contributed by atoms with Crippen LogP contribution in [0, 0.1) is 22.7 Å². The van der Waals surface area contributed by atoms with Crippen molar-refractivity contribution in [3.05, 3.63) is 23.8 Å². The molecule has 0 spiro atoms. The minimum Gasteiger partial charge on any atom is -0.458 e. The second-order valence-electron chi connectivity index (χ2n) is 13.0. The topological polar surface area (TPSA) is 128 Å². The molecule has 1 amide bonds. The summed E-state index contributed by atoms with van der Waals surface area (Å²) in [5.41, 5.74) is -5.05. The molecule has 10 heteroatoms. The SMILES string of the molecule is CNC(=O)CCCC(=O)OCC(=O)[C@@]12OC(C)(C)O[C@@H]1C[C@H]1[C@@H]3CCC4=CC(=O)C=C[C@]4(C)[C@@]3(F)[C@@H](O)C[C@@]12C. The Morgan fingerprint density at radius 2 is 1.90 bits per heavy atom. The summed E-state index contributed by atoms with van der Waals surface area (Å²) in [6, 6.07) is 0. The molecule has 5 rings (SSSR count). The van der Waals surface area contributed by atoms with Gasteiger partial charge < -0.3 is 24.6 Å². The second kappa shape index (κ2) is 9.56. The molecule has 0 aromatic rings. The van der Waals surface area contributed by atoms with E-state index in [1.54, 1.807) is 26.8 Å². The van der Waals surface area contributed by atoms with Crippen LogP contribution in [0.3, 0.4) is 0 Å². The van der Waals surface area contributed by atoms with Gasteiger partial charge in [-0.25, -0.2) is 4.39 Å². The van der Waals surface area contributed by atoms with Crippen molar-refractivity contribution in [3.63, 3.8) is 0 Å². The van der Waals surface area contributed by atoms with Gasteiger partial charge in [-0.1, -0.05) is 18.6 Å². The average molecular weight is 562 g/mol. The molecule has 2 N–H and O–H groups in total. The van der Waals surface area contributed by atoms with E-state index in [0.29, 0.717) is 24.8 Å². The van der Waals surface area contributed by atoms with Gasteiger partial charge in [-0.3, -0.25) is 19.2 Å². The molecule has 0 unspecified atom stereocenters. The molecular formula is C30H40FNO8. The lowest BCUT2D eigenvalue weighted by atomic mass is 9.44. The normalized spacial score (nSPS) is 42.7. The Labute approximate surface area is 233 Å². The number of ether oxygens (including phenoxy) is 3. The molecule has 0 aromatic carbocycles. The van der Waals surface area contributed by atoms with Gasteiger partial charge in [0.2, 0.25) is 11.7 Å². The number of carbonyl (C=O) groups is 4. The van der Waals surface area contributed by atoms with Crippen LogP contribution in [0.15, 0.2) is 23.8 Å². The van der Waals surface area contributed by atoms with E-state index < -0.39 is 64.4 Å². The van der Waals surface area contributed by atoms with Crippen LogP contribution >= 0.6 is 0 Å². The Morgan fingerprint density at radius 3 is 2.60 bits per heavy atom. The molecule has 8 atom stereocenters. The Hall–Kier alpha value is -2.43. The van der Waals surface area contributed by atoms with Crippen molar-refractivity contribution in [1.29, 1.82) is 0 Å². The monoisotopic (exact) mass is 561 g/mol. The first kappa shape index (κ1) is 29.1. The summed E-state index contributed by atoms with van der Waals surface area (Å²) < 4.78 is 35.5. The fourth-order valence-corrected chi connectivity index (χ4v) is 8.65. The predicted molar refractivity (Wildman–Crippen MR) is 140 cm³/mol. The number of rotatable bonds is 7. The van der Waals surface area contributed by atoms with Gasteiger partial charge in [-0.15, -0.1) is 0 Å². The Bertz CT molecular complexity index is 1200. The van der Waals surface area contributed by atoms with E-state index in [1.807, 2.05) is 6.92 Å². The fourth-order valence-electron chi connectivity index (χ4n) is 8.65. The van der Waals surface area contributed by atoms with Crippen LogP contribution in [-0.4, -0.2) is 71.5 Å². The fraction of sp³-hybridized carbons (Fsp3) is 0.733. The van der Waals surface area contributed by atoms with Gasteiger partial charge in [0.25, 0.3) is 0 Å². The van der Waals surface area contributed by atoms with Crippen molar-refractivity contribution in [1.82, 2.24) is 5.32 Å². The molecule has 3 saturated carbocycles. The van der Waals surface area contributed by atoms with Gasteiger partial charge in [0.15, 0.2) is 29.4 Å². The van der Waals surface area contributed by atoms with E-state index in [9.17, 15) is 24.3 Å². The number of aliphatic hydroxyl groups is 1. The molecule has 1 saturated heterocycles. The van der Waals surface area contributed by atoms with Crippen molar-refractivity contribution in [3.8, 4) is 0 Å². The maximum atomic E-state index is 17.5. The zero-order chi connectivity index (χ0) is 29.3. The number of nitrogens with one attached hydrogen (secondary N) is 1. The smallest absolute Gasteiger partial charge is 0.306 e. The molecule has 220 valence electrons. The molecule has 4 aliphatic carbocycles. The number of carbonyl (C=O) groups excluding carboxylic acids is 4. The first-order valence-electron chi connectivity index (χ1n) is 14.2. The van der Waals surface area contributed by atoms with Gasteiger partial charge in [0.05, 0.1) is 12.2 Å². The zero-order valence-corrected chi connectivity index (χ0v) is 23.9. The standard InChI is InChI=1S/C30H40FNO8/c1-26(2)39-23-14-20-19-10-9-17-13-18(33)11-12-27(17,3)29(19,31)21(34)15-28(20,4)30(23,40-26)22(35)16-38-25(37)8-6-7-24(36)32-5/h11-13,19-21,23,34H,6-10,14-16H2,1-5H3,(H,32,36)/t19-,20-,21-,23+,27-,28-,29-,30+/m0/s1. The zero-order valence-electron chi connectivity index (χ0n) is 23.9. The summed E-state index contributed by atoms with van der Waals surface area (Å²) in [4.78, 5) is 49.9. The van der Waals surface area contributed by atoms with E-state index in [1.165, 1.54) is 19.2 Å². The number of aliphatic hydroxyl groups excluding tert-OH is 1. The summed E-state index contributed by atoms with van der Waals surface area (Å²) in [6.07, 6.45) is 3.97. The maximum Gasteiger partial charge on any atom is 0.306 e. The van der Waals surface area contributed by atoms with Crippen LogP contribution in [0.1, 0.15) is 72.6 Å². The third-order valence-corrected chi connectivity index (χ3v) is 10.5. The molecule has 4 fully saturated rings. The number of allylic oxidation sites excluding steroid dienone is 4. The molecule has 5 aliphatic rings. The Morgan fingerprint density at radius 1 is 1.18 bits per heavy atom. The summed E-state index contributed by atoms with van der Waals surface area (Å²) in [7, 11) is 1.51. The minimum atomic E-state index is -2.05. The van der Waals surface area contributed by atoms with Gasteiger partial charge in [-0.2, -0.15) is 0 Å². The number of halogens is 1. The molecule has 0 aromatic heterocycles. The number of alkyl halides is 1. The molecule has 0 bridgehead atoms. The first-order chi connectivity index (χ1) is 18.6. The van der Waals surface area contributed by atoms with Gasteiger partial charge in [-0.05, 0) is 70.9 Å². The number of Topliss-reactive ketones (excluding diaryl/α,β-unsaturated/α-hetero) is 1. The number of hydrogen-bond acceptors (Lipinski definition) is 8. The van der Waals surface area contributed by atoms with Crippen LogP contribution in [0.4, 0.5) is 4.39 Å². The van der Waals surface area contributed by atoms with Crippen molar-refractivity contribution < 1.29 is 42.9 Å². The lowest BCUT2D eigenvalue weighted by molar-refractivity contribution is -0.246. The average Bonchev–Trinajstić information content (AvgIpc) is 3.29. The van der Waals surface area contributed by atoms with Crippen molar-refractivity contribution in [2.24, 2.45) is 22.7 Å². The van der Waals surface area contributed by atoms with Crippen LogP contribution in [-0.2, 0) is 33.4 Å². The van der Waals surface area contributed by atoms with Crippen LogP contribution in [0.2, 0.25) is 0 Å². The number of fused-ring (bicyclic) bond motifs is 7. The molecule has 1 aliphatic heterocycles. The summed E-state index contributed by atoms with van der Waals surface area (Å²) in [5.74, 6) is -3.54. The highest BCUT2D eigenvalue weighted by Crippen LogP contribution is 2.72. The van der Waals surface area contributed by atoms with E-state index in [4.69, 9.17) is 14.2 Å². The third-order valence-electron chi connectivity index (χ3n) is 10.5. The van der Waals surface area contributed by atoms with Gasteiger partial charge >= 0.3 is 5.97 Å². The van der Waals surface area contributed by atoms with E-state index >= 15 is 4.39 Å². The number of amides is 1. The molecule has 9 nitrogen and oxygen atoms in total. The van der Waals surface area contributed by atoms with Crippen molar-refractivity contribution >= 4 is 23.4 Å². The first-order valence-corrected chi connectivity index (χ1v) is 14.2. The largest absolute Gasteiger partial charge is 0.458 e. The number of esters is 1. The highest BCUT2D eigenvalue weighted by molar-refractivity contribution is 6.01. The van der Waals surface area contributed by atoms with E-state index in [-0.39, 0.29) is 43.3 Å². The maximum absolute atomic E-state index is 17.5. The van der Waals surface area contributed by atoms with Gasteiger partial charge in [0.1, 0.15) is 0 Å². The number of hydrogen-bond donors (Lipinski definition) is 2. The van der Waals surface area contributed by atoms with Crippen LogP contribution in [0.25, 0.3) is 0 Å². The summed E-state index contributed by atoms with van der Waals surface area (Å²) in [5, 5.41) is 14.1. The molecule has 40 heavy (non-hydrogen) atoms. The highest BCUT2D eigenvalue weighted by atomic mass is 19.1. The predicted octanol–water partition coefficient (Wildman–Crippen LogP) is 2.89. The molecule has 1 heterocycles. The second-order valence-corrected chi connectivity index (χ2v) is 13.0. The minimum absolute atomic E-state index is 0.0184. The third kappa shape index (κ3) is 3.96. The highest BCUT2D eigenvalue weighted by Gasteiger charge is 2.80. The lowest BCUT2D eigenvalue weighted by Crippen LogP contribution is -2.70. The van der Waals surface area contributed by atoms with Crippen LogP contribution < -0.4 is 5.32 Å². The Kier molecular flexibility index (Phi) is 6.95.